The Balaban J connectivity index is 1.80. The van der Waals surface area contributed by atoms with E-state index in [9.17, 15) is 14.9 Å². The number of nitrogens with zero attached hydrogens (tertiary/aromatic N) is 4. The van der Waals surface area contributed by atoms with E-state index in [-0.39, 0.29) is 22.1 Å². The number of halogens is 1. The highest BCUT2D eigenvalue weighted by Crippen LogP contribution is 2.28. The summed E-state index contributed by atoms with van der Waals surface area (Å²) >= 11 is 6.99. The minimum Gasteiger partial charge on any atom is -0.320 e. The van der Waals surface area contributed by atoms with Crippen LogP contribution in [0.1, 0.15) is 10.5 Å². The molecule has 0 unspecified atom stereocenters. The summed E-state index contributed by atoms with van der Waals surface area (Å²) in [4.78, 5) is 34.7. The van der Waals surface area contributed by atoms with Crippen LogP contribution in [-0.4, -0.2) is 25.8 Å². The second kappa shape index (κ2) is 6.69. The largest absolute Gasteiger partial charge is 0.320 e. The predicted octanol–water partition coefficient (Wildman–Crippen LogP) is 3.41. The zero-order valence-corrected chi connectivity index (χ0v) is 13.4. The lowest BCUT2D eigenvalue weighted by atomic mass is 10.2. The Morgan fingerprint density at radius 1 is 1.33 bits per heavy atom. The van der Waals surface area contributed by atoms with Crippen molar-refractivity contribution >= 4 is 40.2 Å². The van der Waals surface area contributed by atoms with Crippen LogP contribution in [0.25, 0.3) is 10.7 Å². The third-order valence-electron chi connectivity index (χ3n) is 2.92. The van der Waals surface area contributed by atoms with E-state index in [1.165, 1.54) is 41.9 Å². The fourth-order valence-corrected chi connectivity index (χ4v) is 2.78. The van der Waals surface area contributed by atoms with E-state index in [4.69, 9.17) is 11.6 Å². The molecule has 0 atom stereocenters. The van der Waals surface area contributed by atoms with Crippen LogP contribution in [-0.2, 0) is 0 Å². The van der Waals surface area contributed by atoms with E-state index in [2.05, 4.69) is 20.3 Å². The Labute approximate surface area is 144 Å². The van der Waals surface area contributed by atoms with E-state index in [1.807, 2.05) is 0 Å². The molecule has 0 aliphatic heterocycles. The Morgan fingerprint density at radius 3 is 2.88 bits per heavy atom. The van der Waals surface area contributed by atoms with Gasteiger partial charge in [0, 0.05) is 29.5 Å². The van der Waals surface area contributed by atoms with Gasteiger partial charge < -0.3 is 5.32 Å². The minimum atomic E-state index is -0.618. The molecular weight excluding hydrogens is 354 g/mol. The average Bonchev–Trinajstić information content (AvgIpc) is 3.07. The lowest BCUT2D eigenvalue weighted by Gasteiger charge is -2.03. The summed E-state index contributed by atoms with van der Waals surface area (Å²) in [7, 11) is 0. The molecule has 1 N–H and O–H groups in total. The van der Waals surface area contributed by atoms with Crippen molar-refractivity contribution < 1.29 is 9.72 Å². The summed E-state index contributed by atoms with van der Waals surface area (Å²) in [6.45, 7) is 0. The molecule has 24 heavy (non-hydrogen) atoms. The van der Waals surface area contributed by atoms with Gasteiger partial charge in [0.25, 0.3) is 11.6 Å². The second-order valence-electron chi connectivity index (χ2n) is 4.51. The van der Waals surface area contributed by atoms with E-state index in [1.54, 1.807) is 11.6 Å². The molecule has 0 bridgehead atoms. The first kappa shape index (κ1) is 16.0. The highest BCUT2D eigenvalue weighted by molar-refractivity contribution is 7.13. The van der Waals surface area contributed by atoms with Gasteiger partial charge in [-0.15, -0.1) is 11.3 Å². The molecule has 3 rings (SSSR count). The maximum Gasteiger partial charge on any atom is 0.289 e. The number of benzene rings is 1. The Hall–Kier alpha value is -2.91. The van der Waals surface area contributed by atoms with Gasteiger partial charge in [-0.25, -0.2) is 4.98 Å². The van der Waals surface area contributed by atoms with Gasteiger partial charge in [0.1, 0.15) is 21.4 Å². The Kier molecular flexibility index (Phi) is 4.45. The molecule has 0 fully saturated rings. The molecule has 0 spiro atoms. The normalized spacial score (nSPS) is 10.4. The van der Waals surface area contributed by atoms with Crippen LogP contribution >= 0.6 is 22.9 Å². The molecule has 2 heterocycles. The van der Waals surface area contributed by atoms with E-state index < -0.39 is 10.8 Å². The van der Waals surface area contributed by atoms with Crippen molar-refractivity contribution in [1.29, 1.82) is 0 Å². The molecule has 0 saturated heterocycles. The van der Waals surface area contributed by atoms with Crippen molar-refractivity contribution in [3.63, 3.8) is 0 Å². The van der Waals surface area contributed by atoms with Crippen LogP contribution < -0.4 is 5.32 Å². The third-order valence-corrected chi connectivity index (χ3v) is 4.10. The first-order chi connectivity index (χ1) is 11.5. The maximum absolute atomic E-state index is 12.2. The SMILES string of the molecule is O=C(Nc1ccc(Cl)c([N+](=O)[O-])c1)c1csc(-c2cnccn2)n1. The van der Waals surface area contributed by atoms with Gasteiger partial charge >= 0.3 is 0 Å². The van der Waals surface area contributed by atoms with Gasteiger partial charge in [-0.05, 0) is 12.1 Å². The molecule has 0 aliphatic carbocycles. The van der Waals surface area contributed by atoms with Gasteiger partial charge in [-0.2, -0.15) is 0 Å². The van der Waals surface area contributed by atoms with Crippen molar-refractivity contribution in [2.45, 2.75) is 0 Å². The van der Waals surface area contributed by atoms with Gasteiger partial charge in [-0.3, -0.25) is 24.9 Å². The molecule has 120 valence electrons. The number of carbonyl (C=O) groups excluding carboxylic acids is 1. The number of nitro groups is 1. The van der Waals surface area contributed by atoms with Crippen molar-refractivity contribution in [3.8, 4) is 10.7 Å². The minimum absolute atomic E-state index is 0.00315. The standard InChI is InChI=1S/C14H8ClN5O3S/c15-9-2-1-8(5-12(9)20(22)23)18-13(21)11-7-24-14(19-11)10-6-16-3-4-17-10/h1-7H,(H,18,21). The van der Waals surface area contributed by atoms with Crippen LogP contribution in [0.4, 0.5) is 11.4 Å². The predicted molar refractivity (Wildman–Crippen MR) is 89.2 cm³/mol. The molecule has 8 nitrogen and oxygen atoms in total. The number of hydrogen-bond acceptors (Lipinski definition) is 7. The van der Waals surface area contributed by atoms with Crippen LogP contribution in [0.5, 0.6) is 0 Å². The first-order valence-corrected chi connectivity index (χ1v) is 7.77. The van der Waals surface area contributed by atoms with Crippen LogP contribution in [0.2, 0.25) is 5.02 Å². The summed E-state index contributed by atoms with van der Waals surface area (Å²) in [6.07, 6.45) is 4.62. The Morgan fingerprint density at radius 2 is 2.17 bits per heavy atom. The molecular formula is C14H8ClN5O3S. The summed E-state index contributed by atoms with van der Waals surface area (Å²) in [5, 5.41) is 15.5. The number of hydrogen-bond donors (Lipinski definition) is 1. The number of aromatic nitrogens is 3. The lowest BCUT2D eigenvalue weighted by molar-refractivity contribution is -0.384. The van der Waals surface area contributed by atoms with Crippen LogP contribution in [0.3, 0.4) is 0 Å². The molecule has 1 aromatic carbocycles. The van der Waals surface area contributed by atoms with Crippen molar-refractivity contribution in [2.24, 2.45) is 0 Å². The highest BCUT2D eigenvalue weighted by Gasteiger charge is 2.16. The molecule has 0 aliphatic rings. The second-order valence-corrected chi connectivity index (χ2v) is 5.77. The van der Waals surface area contributed by atoms with E-state index in [0.717, 1.165) is 0 Å². The van der Waals surface area contributed by atoms with Crippen LogP contribution in [0.15, 0.2) is 42.2 Å². The molecule has 10 heteroatoms. The maximum atomic E-state index is 12.2. The summed E-state index contributed by atoms with van der Waals surface area (Å²) in [6, 6.07) is 4.01. The van der Waals surface area contributed by atoms with Gasteiger partial charge in [0.15, 0.2) is 0 Å². The van der Waals surface area contributed by atoms with Crippen LogP contribution in [0, 0.1) is 10.1 Å². The van der Waals surface area contributed by atoms with E-state index >= 15 is 0 Å². The number of amides is 1. The number of rotatable bonds is 4. The smallest absolute Gasteiger partial charge is 0.289 e. The number of thiazole rings is 1. The monoisotopic (exact) mass is 361 g/mol. The van der Waals surface area contributed by atoms with Crippen molar-refractivity contribution in [3.05, 3.63) is 63.0 Å². The lowest BCUT2D eigenvalue weighted by Crippen LogP contribution is -2.12. The summed E-state index contributed by atoms with van der Waals surface area (Å²) in [5.41, 5.74) is 0.708. The van der Waals surface area contributed by atoms with Gasteiger partial charge in [-0.1, -0.05) is 11.6 Å². The van der Waals surface area contributed by atoms with E-state index in [0.29, 0.717) is 10.7 Å². The third kappa shape index (κ3) is 3.36. The molecule has 2 aromatic heterocycles. The molecule has 1 amide bonds. The quantitative estimate of drug-likeness (QED) is 0.563. The fourth-order valence-electron chi connectivity index (χ4n) is 1.83. The molecule has 3 aromatic rings. The average molecular weight is 362 g/mol. The topological polar surface area (TPSA) is 111 Å². The highest BCUT2D eigenvalue weighted by atomic mass is 35.5. The van der Waals surface area contributed by atoms with Crippen molar-refractivity contribution in [2.75, 3.05) is 5.32 Å². The van der Waals surface area contributed by atoms with Gasteiger partial charge in [0.2, 0.25) is 0 Å². The Bertz CT molecular complexity index is 916. The zero-order chi connectivity index (χ0) is 17.1. The van der Waals surface area contributed by atoms with Gasteiger partial charge in [0.05, 0.1) is 11.1 Å². The van der Waals surface area contributed by atoms with Crippen molar-refractivity contribution in [1.82, 2.24) is 15.0 Å². The number of anilines is 1. The number of nitro benzene ring substituents is 1. The molecule has 0 saturated carbocycles. The zero-order valence-electron chi connectivity index (χ0n) is 11.8. The summed E-state index contributed by atoms with van der Waals surface area (Å²) < 4.78 is 0. The first-order valence-electron chi connectivity index (χ1n) is 6.52. The number of nitrogens with one attached hydrogen (secondary N) is 1. The summed E-state index contributed by atoms with van der Waals surface area (Å²) in [5.74, 6) is -0.488. The number of carbonyl (C=O) groups is 1. The molecule has 0 radical (unpaired) electrons. The fraction of sp³-hybridized carbons (Fsp3) is 0.